The number of aromatic hydroxyl groups is 2. The van der Waals surface area contributed by atoms with Gasteiger partial charge in [0, 0.05) is 0 Å². The van der Waals surface area contributed by atoms with Crippen molar-refractivity contribution in [3.05, 3.63) is 83.9 Å². The molecular formula is C40H48N6O4S. The van der Waals surface area contributed by atoms with E-state index in [1.165, 1.54) is 21.7 Å². The van der Waals surface area contributed by atoms with Crippen LogP contribution in [0.5, 0.6) is 11.5 Å². The van der Waals surface area contributed by atoms with Gasteiger partial charge in [0.05, 0.1) is 0 Å². The van der Waals surface area contributed by atoms with Gasteiger partial charge in [0.2, 0.25) is 9.84 Å². The SMILES string of the molecule is CC(C)(C)CC(C)(C)c1cc(-n2nc3ccccc3n2)c(O)c(S(=O)(=O)c2cc(C(C)(C)CC(C)(C)C)cc(-n3nc4ccccc4n3)c2O)c1. The topological polar surface area (TPSA) is 136 Å². The molecule has 0 aliphatic rings. The van der Waals surface area contributed by atoms with Gasteiger partial charge in [-0.3, -0.25) is 0 Å². The molecule has 268 valence electrons. The molecule has 0 saturated heterocycles. The summed E-state index contributed by atoms with van der Waals surface area (Å²) in [6.45, 7) is 21.0. The average Bonchev–Trinajstić information content (AvgIpc) is 3.63. The normalized spacial score (nSPS) is 13.4. The van der Waals surface area contributed by atoms with Crippen LogP contribution >= 0.6 is 0 Å². The van der Waals surface area contributed by atoms with Gasteiger partial charge in [-0.25, -0.2) is 8.42 Å². The summed E-state index contributed by atoms with van der Waals surface area (Å²) in [5.74, 6) is -1.04. The fraction of sp³-hybridized carbons (Fsp3) is 0.400. The summed E-state index contributed by atoms with van der Waals surface area (Å²) in [6, 6.07) is 21.1. The summed E-state index contributed by atoms with van der Waals surface area (Å²) < 4.78 is 30.2. The molecule has 0 radical (unpaired) electrons. The Morgan fingerprint density at radius 3 is 1.10 bits per heavy atom. The fourth-order valence-corrected chi connectivity index (χ4v) is 9.11. The number of aromatic nitrogens is 6. The highest BCUT2D eigenvalue weighted by atomic mass is 32.2. The second kappa shape index (κ2) is 12.2. The van der Waals surface area contributed by atoms with Crippen molar-refractivity contribution in [1.29, 1.82) is 0 Å². The lowest BCUT2D eigenvalue weighted by Crippen LogP contribution is -2.26. The molecule has 0 aliphatic heterocycles. The minimum absolute atomic E-state index is 0.0976. The molecular weight excluding hydrogens is 661 g/mol. The van der Waals surface area contributed by atoms with Gasteiger partial charge in [-0.1, -0.05) is 93.5 Å². The first-order valence-electron chi connectivity index (χ1n) is 17.2. The van der Waals surface area contributed by atoms with E-state index in [-0.39, 0.29) is 32.0 Å². The molecule has 2 aromatic heterocycles. The summed E-state index contributed by atoms with van der Waals surface area (Å²) in [5.41, 5.74) is 2.71. The van der Waals surface area contributed by atoms with E-state index in [1.807, 2.05) is 24.3 Å². The Morgan fingerprint density at radius 1 is 0.529 bits per heavy atom. The Bertz CT molecular complexity index is 2160. The number of hydrogen-bond acceptors (Lipinski definition) is 8. The van der Waals surface area contributed by atoms with Crippen molar-refractivity contribution in [2.24, 2.45) is 10.8 Å². The van der Waals surface area contributed by atoms with Crippen LogP contribution in [-0.4, -0.2) is 48.6 Å². The van der Waals surface area contributed by atoms with E-state index in [4.69, 9.17) is 0 Å². The zero-order valence-corrected chi connectivity index (χ0v) is 32.0. The molecule has 51 heavy (non-hydrogen) atoms. The lowest BCUT2D eigenvalue weighted by Gasteiger charge is -2.34. The van der Waals surface area contributed by atoms with Crippen molar-refractivity contribution in [3.8, 4) is 22.9 Å². The highest BCUT2D eigenvalue weighted by Gasteiger charge is 2.36. The Hall–Kier alpha value is -4.77. The van der Waals surface area contributed by atoms with Crippen LogP contribution in [0.2, 0.25) is 0 Å². The fourth-order valence-electron chi connectivity index (χ4n) is 7.59. The molecule has 0 amide bonds. The molecule has 4 aromatic carbocycles. The van der Waals surface area contributed by atoms with Crippen LogP contribution in [0.25, 0.3) is 33.4 Å². The molecule has 10 nitrogen and oxygen atoms in total. The molecule has 0 spiro atoms. The second-order valence-corrected chi connectivity index (χ2v) is 19.3. The Morgan fingerprint density at radius 2 is 0.824 bits per heavy atom. The predicted molar refractivity (Wildman–Crippen MR) is 201 cm³/mol. The average molecular weight is 709 g/mol. The lowest BCUT2D eigenvalue weighted by molar-refractivity contribution is 0.283. The smallest absolute Gasteiger partial charge is 0.214 e. The van der Waals surface area contributed by atoms with E-state index in [9.17, 15) is 10.2 Å². The van der Waals surface area contributed by atoms with Crippen LogP contribution in [0, 0.1) is 10.8 Å². The van der Waals surface area contributed by atoms with Crippen LogP contribution in [0.3, 0.4) is 0 Å². The number of hydrogen-bond donors (Lipinski definition) is 2. The third-order valence-corrected chi connectivity index (χ3v) is 11.0. The van der Waals surface area contributed by atoms with Crippen LogP contribution in [-0.2, 0) is 20.7 Å². The number of rotatable bonds is 8. The Kier molecular flexibility index (Phi) is 8.61. The highest BCUT2D eigenvalue weighted by molar-refractivity contribution is 7.91. The van der Waals surface area contributed by atoms with Crippen LogP contribution in [0.1, 0.15) is 93.2 Å². The molecule has 2 N–H and O–H groups in total. The van der Waals surface area contributed by atoms with Crippen LogP contribution < -0.4 is 0 Å². The first-order chi connectivity index (χ1) is 23.6. The Labute approximate surface area is 300 Å². The summed E-state index contributed by atoms with van der Waals surface area (Å²) in [4.78, 5) is 1.85. The van der Waals surface area contributed by atoms with Gasteiger partial charge in [0.1, 0.15) is 43.2 Å². The number of nitrogens with zero attached hydrogens (tertiary/aromatic N) is 6. The minimum Gasteiger partial charge on any atom is -0.504 e. The Balaban J connectivity index is 1.64. The maximum Gasteiger partial charge on any atom is 0.214 e. The van der Waals surface area contributed by atoms with Gasteiger partial charge < -0.3 is 10.2 Å². The van der Waals surface area contributed by atoms with E-state index < -0.39 is 32.2 Å². The third-order valence-electron chi connectivity index (χ3n) is 9.20. The second-order valence-electron chi connectivity index (χ2n) is 17.4. The minimum atomic E-state index is -4.61. The monoisotopic (exact) mass is 708 g/mol. The maximum atomic E-state index is 15.1. The molecule has 0 aliphatic carbocycles. The van der Waals surface area contributed by atoms with Gasteiger partial charge in [0.15, 0.2) is 11.5 Å². The van der Waals surface area contributed by atoms with Crippen molar-refractivity contribution in [2.45, 2.75) is 103 Å². The summed E-state index contributed by atoms with van der Waals surface area (Å²) in [7, 11) is -4.61. The standard InChI is InChI=1S/C40H48N6O4S/c1-37(2,3)23-39(7,8)25-19-31(45-41-27-15-11-12-16-28(27)42-45)35(47)33(21-25)51(49,50)34-22-26(40(9,10)24-38(4,5)6)20-32(36(34)48)46-43-29-17-13-14-18-30(29)44-46/h11-22,47-48H,23-24H2,1-10H3. The molecule has 2 heterocycles. The van der Waals surface area contributed by atoms with E-state index in [0.29, 0.717) is 46.0 Å². The van der Waals surface area contributed by atoms with Gasteiger partial charge >= 0.3 is 0 Å². The van der Waals surface area contributed by atoms with E-state index >= 15 is 8.42 Å². The van der Waals surface area contributed by atoms with Crippen molar-refractivity contribution in [3.63, 3.8) is 0 Å². The van der Waals surface area contributed by atoms with E-state index in [1.54, 1.807) is 36.4 Å². The number of sulfone groups is 1. The maximum absolute atomic E-state index is 15.1. The summed E-state index contributed by atoms with van der Waals surface area (Å²) in [6.07, 6.45) is 1.42. The molecule has 0 saturated carbocycles. The number of phenols is 2. The van der Waals surface area contributed by atoms with Gasteiger partial charge in [-0.15, -0.1) is 30.0 Å². The van der Waals surface area contributed by atoms with E-state index in [2.05, 4.69) is 89.6 Å². The highest BCUT2D eigenvalue weighted by Crippen LogP contribution is 2.46. The molecule has 0 fully saturated rings. The molecule has 0 atom stereocenters. The first-order valence-corrected chi connectivity index (χ1v) is 18.7. The van der Waals surface area contributed by atoms with Gasteiger partial charge in [-0.2, -0.15) is 0 Å². The molecule has 11 heteroatoms. The zero-order chi connectivity index (χ0) is 37.3. The van der Waals surface area contributed by atoms with Crippen molar-refractivity contribution in [2.75, 3.05) is 0 Å². The van der Waals surface area contributed by atoms with Crippen molar-refractivity contribution < 1.29 is 18.6 Å². The number of benzene rings is 4. The molecule has 6 aromatic rings. The quantitative estimate of drug-likeness (QED) is 0.160. The molecule has 6 rings (SSSR count). The van der Waals surface area contributed by atoms with Crippen molar-refractivity contribution in [1.82, 2.24) is 30.0 Å². The van der Waals surface area contributed by atoms with Crippen LogP contribution in [0.15, 0.2) is 82.6 Å². The number of phenolic OH excluding ortho intramolecular Hbond substituents is 2. The largest absolute Gasteiger partial charge is 0.504 e. The van der Waals surface area contributed by atoms with Crippen LogP contribution in [0.4, 0.5) is 0 Å². The van der Waals surface area contributed by atoms with Gasteiger partial charge in [0.25, 0.3) is 0 Å². The zero-order valence-electron chi connectivity index (χ0n) is 31.1. The number of fused-ring (bicyclic) bond motifs is 2. The summed E-state index contributed by atoms with van der Waals surface area (Å²) >= 11 is 0. The first kappa shape index (κ1) is 36.0. The molecule has 0 unspecified atom stereocenters. The van der Waals surface area contributed by atoms with Gasteiger partial charge in [-0.05, 0) is 94.2 Å². The van der Waals surface area contributed by atoms with Crippen molar-refractivity contribution >= 4 is 31.9 Å². The molecule has 0 bridgehead atoms. The third kappa shape index (κ3) is 7.08. The van der Waals surface area contributed by atoms with E-state index in [0.717, 1.165) is 0 Å². The predicted octanol–water partition coefficient (Wildman–Crippen LogP) is 8.83. The lowest BCUT2D eigenvalue weighted by atomic mass is 9.72. The summed E-state index contributed by atoms with van der Waals surface area (Å²) in [5, 5.41) is 42.3.